The van der Waals surface area contributed by atoms with Crippen molar-refractivity contribution in [3.63, 3.8) is 0 Å². The quantitative estimate of drug-likeness (QED) is 0.677. The van der Waals surface area contributed by atoms with E-state index < -0.39 is 11.9 Å². The normalized spacial score (nSPS) is 18.3. The lowest BCUT2D eigenvalue weighted by molar-refractivity contribution is -0.135. The van der Waals surface area contributed by atoms with Gasteiger partial charge in [0, 0.05) is 19.0 Å². The molecule has 2 amide bonds. The van der Waals surface area contributed by atoms with Crippen molar-refractivity contribution >= 4 is 28.9 Å². The summed E-state index contributed by atoms with van der Waals surface area (Å²) in [4.78, 5) is 36.2. The molecular weight excluding hydrogens is 310 g/mol. The third-order valence-electron chi connectivity index (χ3n) is 4.17. The number of nitrogens with one attached hydrogen (secondary N) is 1. The third-order valence-corrected chi connectivity index (χ3v) is 4.17. The van der Waals surface area contributed by atoms with Gasteiger partial charge in [-0.1, -0.05) is 12.1 Å². The maximum atomic E-state index is 12.7. The van der Waals surface area contributed by atoms with Gasteiger partial charge in [-0.3, -0.25) is 24.0 Å². The van der Waals surface area contributed by atoms with Crippen LogP contribution >= 0.6 is 0 Å². The molecule has 1 aliphatic rings. The minimum atomic E-state index is -0.676. The van der Waals surface area contributed by atoms with E-state index >= 15 is 0 Å². The van der Waals surface area contributed by atoms with Crippen molar-refractivity contribution in [2.45, 2.75) is 25.8 Å². The molecule has 1 aromatic carbocycles. The predicted octanol–water partition coefficient (Wildman–Crippen LogP) is 1.32. The molecule has 0 bridgehead atoms. The molecule has 1 fully saturated rings. The van der Waals surface area contributed by atoms with Gasteiger partial charge in [-0.2, -0.15) is 0 Å². The van der Waals surface area contributed by atoms with Crippen molar-refractivity contribution < 1.29 is 14.3 Å². The van der Waals surface area contributed by atoms with Gasteiger partial charge in [0.15, 0.2) is 0 Å². The number of nitrogens with zero attached hydrogens (tertiary/aromatic N) is 2. The number of aryl methyl sites for hydroxylation is 1. The van der Waals surface area contributed by atoms with Gasteiger partial charge in [-0.25, -0.2) is 4.79 Å². The summed E-state index contributed by atoms with van der Waals surface area (Å²) in [5.74, 6) is -0.735. The Labute approximate surface area is 138 Å². The molecule has 1 aliphatic heterocycles. The predicted molar refractivity (Wildman–Crippen MR) is 89.3 cm³/mol. The molecule has 7 heteroatoms. The highest BCUT2D eigenvalue weighted by Crippen LogP contribution is 2.25. The fraction of sp³-hybridized carbons (Fsp3) is 0.353. The van der Waals surface area contributed by atoms with Crippen molar-refractivity contribution in [2.24, 2.45) is 7.05 Å². The molecule has 7 nitrogen and oxygen atoms in total. The van der Waals surface area contributed by atoms with Crippen LogP contribution < -0.4 is 11.0 Å². The van der Waals surface area contributed by atoms with E-state index in [9.17, 15) is 14.4 Å². The highest BCUT2D eigenvalue weighted by atomic mass is 16.5. The van der Waals surface area contributed by atoms with Crippen LogP contribution in [0.3, 0.4) is 0 Å². The Balaban J connectivity index is 2.15. The zero-order valence-electron chi connectivity index (χ0n) is 13.6. The summed E-state index contributed by atoms with van der Waals surface area (Å²) in [5, 5.41) is 2.30. The lowest BCUT2D eigenvalue weighted by Crippen LogP contribution is -2.44. The Bertz CT molecular complexity index is 891. The summed E-state index contributed by atoms with van der Waals surface area (Å²) in [6.45, 7) is 2.45. The van der Waals surface area contributed by atoms with E-state index in [-0.39, 0.29) is 18.0 Å². The summed E-state index contributed by atoms with van der Waals surface area (Å²) in [5.41, 5.74) is 1.93. The minimum Gasteiger partial charge on any atom is -0.501 e. The second-order valence-electron chi connectivity index (χ2n) is 5.65. The molecule has 1 N–H and O–H groups in total. The number of benzene rings is 1. The monoisotopic (exact) mass is 329 g/mol. The molecule has 1 aromatic heterocycles. The number of piperidine rings is 1. The highest BCUT2D eigenvalue weighted by molar-refractivity contribution is 6.00. The van der Waals surface area contributed by atoms with Crippen LogP contribution in [-0.2, 0) is 21.4 Å². The fourth-order valence-electron chi connectivity index (χ4n) is 3.05. The van der Waals surface area contributed by atoms with E-state index in [1.165, 1.54) is 9.13 Å². The summed E-state index contributed by atoms with van der Waals surface area (Å²) < 4.78 is 8.22. The number of amides is 2. The first-order valence-corrected chi connectivity index (χ1v) is 7.86. The highest BCUT2D eigenvalue weighted by Gasteiger charge is 2.31. The Morgan fingerprint density at radius 1 is 1.33 bits per heavy atom. The molecule has 1 atom stereocenters. The van der Waals surface area contributed by atoms with Crippen LogP contribution in [0, 0.1) is 0 Å². The first kappa shape index (κ1) is 16.0. The average Bonchev–Trinajstić information content (AvgIpc) is 2.81. The van der Waals surface area contributed by atoms with Crippen molar-refractivity contribution in [1.29, 1.82) is 0 Å². The second kappa shape index (κ2) is 6.35. The number of carbonyl (C=O) groups excluding carboxylic acids is 2. The van der Waals surface area contributed by atoms with Crippen LogP contribution in [0.2, 0.25) is 0 Å². The molecule has 3 rings (SSSR count). The summed E-state index contributed by atoms with van der Waals surface area (Å²) in [6.07, 6.45) is 3.93. The molecule has 0 aliphatic carbocycles. The molecule has 24 heavy (non-hydrogen) atoms. The number of carbonyl (C=O) groups is 2. The molecule has 1 saturated heterocycles. The van der Waals surface area contributed by atoms with Crippen molar-refractivity contribution in [3.8, 4) is 0 Å². The molecule has 1 unspecified atom stereocenters. The molecule has 2 aromatic rings. The number of aromatic nitrogens is 2. The molecule has 126 valence electrons. The van der Waals surface area contributed by atoms with Crippen LogP contribution in [0.4, 0.5) is 0 Å². The van der Waals surface area contributed by atoms with Crippen LogP contribution in [-0.4, -0.2) is 27.6 Å². The number of imide groups is 1. The second-order valence-corrected chi connectivity index (χ2v) is 5.65. The third kappa shape index (κ3) is 2.62. The molecule has 0 saturated carbocycles. The fourth-order valence-corrected chi connectivity index (χ4v) is 3.05. The summed E-state index contributed by atoms with van der Waals surface area (Å²) in [7, 11) is 1.67. The smallest absolute Gasteiger partial charge is 0.329 e. The lowest BCUT2D eigenvalue weighted by Gasteiger charge is -2.21. The zero-order chi connectivity index (χ0) is 17.3. The minimum absolute atomic E-state index is 0.225. The van der Waals surface area contributed by atoms with E-state index in [0.717, 1.165) is 11.1 Å². The van der Waals surface area contributed by atoms with E-state index in [1.54, 1.807) is 25.5 Å². The van der Waals surface area contributed by atoms with Crippen molar-refractivity contribution in [1.82, 2.24) is 14.5 Å². The average molecular weight is 329 g/mol. The molecule has 2 heterocycles. The van der Waals surface area contributed by atoms with Gasteiger partial charge in [0.05, 0.1) is 23.9 Å². The van der Waals surface area contributed by atoms with Gasteiger partial charge >= 0.3 is 5.69 Å². The zero-order valence-corrected chi connectivity index (χ0v) is 13.6. The van der Waals surface area contributed by atoms with Gasteiger partial charge in [-0.05, 0) is 25.5 Å². The first-order valence-electron chi connectivity index (χ1n) is 7.86. The molecular formula is C17H19N3O4. The van der Waals surface area contributed by atoms with Crippen molar-refractivity contribution in [2.75, 3.05) is 6.61 Å². The van der Waals surface area contributed by atoms with Crippen LogP contribution in [0.1, 0.15) is 31.4 Å². The van der Waals surface area contributed by atoms with Gasteiger partial charge in [0.1, 0.15) is 6.04 Å². The Morgan fingerprint density at radius 3 is 2.83 bits per heavy atom. The lowest BCUT2D eigenvalue weighted by atomic mass is 10.1. The van der Waals surface area contributed by atoms with Gasteiger partial charge in [0.25, 0.3) is 0 Å². The standard InChI is InChI=1S/C17H19N3O4/c1-3-24-10-9-11-5-4-6-12-15(11)19(2)17(23)20(12)13-7-8-14(21)18-16(13)22/h4-6,9-10,13H,3,7-8H2,1-2H3,(H,18,21,22)/b10-9+. The van der Waals surface area contributed by atoms with Gasteiger partial charge in [0.2, 0.25) is 11.8 Å². The maximum Gasteiger partial charge on any atom is 0.329 e. The SMILES string of the molecule is CCO/C=C/c1cccc2c1n(C)c(=O)n2C1CCC(=O)NC1=O. The number of fused-ring (bicyclic) bond motifs is 1. The summed E-state index contributed by atoms with van der Waals surface area (Å²) in [6, 6.07) is 4.84. The van der Waals surface area contributed by atoms with E-state index in [1.807, 2.05) is 19.1 Å². The molecule has 0 radical (unpaired) electrons. The van der Waals surface area contributed by atoms with Crippen LogP contribution in [0.25, 0.3) is 17.1 Å². The topological polar surface area (TPSA) is 82.3 Å². The Morgan fingerprint density at radius 2 is 2.12 bits per heavy atom. The maximum absolute atomic E-state index is 12.7. The van der Waals surface area contributed by atoms with Crippen LogP contribution in [0.15, 0.2) is 29.3 Å². The van der Waals surface area contributed by atoms with E-state index in [4.69, 9.17) is 4.74 Å². The van der Waals surface area contributed by atoms with Crippen molar-refractivity contribution in [3.05, 3.63) is 40.5 Å². The number of hydrogen-bond acceptors (Lipinski definition) is 4. The number of imidazole rings is 1. The summed E-state index contributed by atoms with van der Waals surface area (Å²) >= 11 is 0. The Hall–Kier alpha value is -2.83. The Kier molecular flexibility index (Phi) is 4.24. The first-order chi connectivity index (χ1) is 11.5. The number of rotatable bonds is 4. The largest absolute Gasteiger partial charge is 0.501 e. The van der Waals surface area contributed by atoms with Crippen LogP contribution in [0.5, 0.6) is 0 Å². The van der Waals surface area contributed by atoms with E-state index in [0.29, 0.717) is 18.5 Å². The van der Waals surface area contributed by atoms with Gasteiger partial charge < -0.3 is 4.74 Å². The number of hydrogen-bond donors (Lipinski definition) is 1. The van der Waals surface area contributed by atoms with Gasteiger partial charge in [-0.15, -0.1) is 0 Å². The number of ether oxygens (including phenoxy) is 1. The molecule has 0 spiro atoms. The number of para-hydroxylation sites is 1. The van der Waals surface area contributed by atoms with E-state index in [2.05, 4.69) is 5.32 Å².